The summed E-state index contributed by atoms with van der Waals surface area (Å²) in [7, 11) is 3.19. The quantitative estimate of drug-likeness (QED) is 0.673. The van der Waals surface area contributed by atoms with E-state index in [0.717, 1.165) is 11.1 Å². The van der Waals surface area contributed by atoms with Gasteiger partial charge in [0.1, 0.15) is 5.75 Å². The summed E-state index contributed by atoms with van der Waals surface area (Å²) in [6.45, 7) is 7.31. The van der Waals surface area contributed by atoms with Crippen LogP contribution in [0.1, 0.15) is 38.1 Å². The number of carboxylic acid groups (broad SMARTS) is 1. The van der Waals surface area contributed by atoms with Gasteiger partial charge in [0.05, 0.1) is 18.4 Å². The second-order valence-electron chi connectivity index (χ2n) is 8.30. The standard InChI is InChI=1S/C24H27NO5/c1-14-13-15(29-6)11-12-16(14)19-17-9-7-8-10-18(17)22(26)25(5)20(19)21(23(27)28)30-24(2,3)4/h7-13,21H,1-6H3,(H,27,28). The molecule has 0 aliphatic heterocycles. The van der Waals surface area contributed by atoms with Gasteiger partial charge < -0.3 is 19.1 Å². The highest BCUT2D eigenvalue weighted by Gasteiger charge is 2.33. The maximum absolute atomic E-state index is 13.1. The summed E-state index contributed by atoms with van der Waals surface area (Å²) in [6, 6.07) is 12.8. The lowest BCUT2D eigenvalue weighted by atomic mass is 9.91. The first-order valence-electron chi connectivity index (χ1n) is 9.72. The van der Waals surface area contributed by atoms with E-state index in [9.17, 15) is 14.7 Å². The summed E-state index contributed by atoms with van der Waals surface area (Å²) in [4.78, 5) is 25.4. The van der Waals surface area contributed by atoms with Gasteiger partial charge in [0.25, 0.3) is 5.56 Å². The first-order chi connectivity index (χ1) is 14.0. The molecule has 1 unspecified atom stereocenters. The van der Waals surface area contributed by atoms with Crippen molar-refractivity contribution in [3.05, 3.63) is 64.1 Å². The molecular weight excluding hydrogens is 382 g/mol. The highest BCUT2D eigenvalue weighted by molar-refractivity contribution is 5.99. The average molecular weight is 409 g/mol. The zero-order chi connectivity index (χ0) is 22.2. The molecule has 158 valence electrons. The van der Waals surface area contributed by atoms with Crippen LogP contribution in [-0.2, 0) is 16.6 Å². The third kappa shape index (κ3) is 3.96. The van der Waals surface area contributed by atoms with E-state index in [4.69, 9.17) is 9.47 Å². The normalized spacial score (nSPS) is 12.7. The number of aromatic nitrogens is 1. The molecule has 0 bridgehead atoms. The Balaban J connectivity index is 2.48. The van der Waals surface area contributed by atoms with Gasteiger partial charge in [0, 0.05) is 18.0 Å². The van der Waals surface area contributed by atoms with Gasteiger partial charge in [0.2, 0.25) is 0 Å². The van der Waals surface area contributed by atoms with E-state index in [2.05, 4.69) is 0 Å². The second kappa shape index (κ2) is 7.95. The molecule has 1 atom stereocenters. The van der Waals surface area contributed by atoms with Crippen LogP contribution < -0.4 is 10.3 Å². The summed E-state index contributed by atoms with van der Waals surface area (Å²) in [5, 5.41) is 11.2. The van der Waals surface area contributed by atoms with E-state index in [1.807, 2.05) is 37.3 Å². The van der Waals surface area contributed by atoms with E-state index in [0.29, 0.717) is 27.8 Å². The monoisotopic (exact) mass is 409 g/mol. The molecule has 0 aliphatic carbocycles. The van der Waals surface area contributed by atoms with Gasteiger partial charge in [-0.3, -0.25) is 4.79 Å². The molecule has 1 heterocycles. The lowest BCUT2D eigenvalue weighted by molar-refractivity contribution is -0.161. The van der Waals surface area contributed by atoms with Crippen molar-refractivity contribution in [1.82, 2.24) is 4.57 Å². The fourth-order valence-corrected chi connectivity index (χ4v) is 3.69. The first kappa shape index (κ1) is 21.6. The van der Waals surface area contributed by atoms with Gasteiger partial charge in [-0.15, -0.1) is 0 Å². The van der Waals surface area contributed by atoms with Crippen molar-refractivity contribution < 1.29 is 19.4 Å². The van der Waals surface area contributed by atoms with E-state index in [1.165, 1.54) is 4.57 Å². The number of rotatable bonds is 5. The molecule has 1 aromatic heterocycles. The minimum atomic E-state index is -1.32. The number of pyridine rings is 1. The number of benzene rings is 2. The van der Waals surface area contributed by atoms with Crippen LogP contribution in [0, 0.1) is 6.92 Å². The lowest BCUT2D eigenvalue weighted by Gasteiger charge is -2.29. The molecule has 0 radical (unpaired) electrons. The maximum atomic E-state index is 13.1. The summed E-state index contributed by atoms with van der Waals surface area (Å²) in [6.07, 6.45) is -1.32. The topological polar surface area (TPSA) is 77.8 Å². The van der Waals surface area contributed by atoms with Crippen LogP contribution in [0.25, 0.3) is 21.9 Å². The third-order valence-corrected chi connectivity index (χ3v) is 5.00. The highest BCUT2D eigenvalue weighted by Crippen LogP contribution is 2.38. The molecule has 1 N–H and O–H groups in total. The van der Waals surface area contributed by atoms with Gasteiger partial charge in [0.15, 0.2) is 6.10 Å². The molecule has 0 spiro atoms. The number of aliphatic carboxylic acids is 1. The molecule has 30 heavy (non-hydrogen) atoms. The number of hydrogen-bond donors (Lipinski definition) is 1. The number of carboxylic acids is 1. The summed E-state index contributed by atoms with van der Waals surface area (Å²) >= 11 is 0. The van der Waals surface area contributed by atoms with E-state index in [-0.39, 0.29) is 5.56 Å². The van der Waals surface area contributed by atoms with Crippen molar-refractivity contribution in [2.75, 3.05) is 7.11 Å². The predicted octanol–water partition coefficient (Wildman–Crippen LogP) is 4.46. The van der Waals surface area contributed by atoms with Crippen molar-refractivity contribution in [2.45, 2.75) is 39.4 Å². The van der Waals surface area contributed by atoms with Gasteiger partial charge in [-0.2, -0.15) is 0 Å². The summed E-state index contributed by atoms with van der Waals surface area (Å²) in [5.41, 5.74) is 1.72. The molecule has 3 rings (SSSR count). The van der Waals surface area contributed by atoms with E-state index >= 15 is 0 Å². The van der Waals surface area contributed by atoms with Crippen LogP contribution in [0.2, 0.25) is 0 Å². The Kier molecular flexibility index (Phi) is 5.72. The molecule has 0 saturated carbocycles. The molecule has 0 aliphatic rings. The highest BCUT2D eigenvalue weighted by atomic mass is 16.5. The number of fused-ring (bicyclic) bond motifs is 1. The van der Waals surface area contributed by atoms with Crippen LogP contribution in [0.4, 0.5) is 0 Å². The Morgan fingerprint density at radius 3 is 2.27 bits per heavy atom. The van der Waals surface area contributed by atoms with Gasteiger partial charge in [-0.25, -0.2) is 4.79 Å². The second-order valence-corrected chi connectivity index (χ2v) is 8.30. The number of aryl methyl sites for hydroxylation is 1. The van der Waals surface area contributed by atoms with Crippen molar-refractivity contribution in [2.24, 2.45) is 7.05 Å². The summed E-state index contributed by atoms with van der Waals surface area (Å²) < 4.78 is 12.7. The molecule has 3 aromatic rings. The van der Waals surface area contributed by atoms with Crippen LogP contribution in [-0.4, -0.2) is 28.4 Å². The van der Waals surface area contributed by atoms with Crippen molar-refractivity contribution in [1.29, 1.82) is 0 Å². The SMILES string of the molecule is COc1ccc(-c2c(C(OC(C)(C)C)C(=O)O)n(C)c(=O)c3ccccc23)c(C)c1. The molecule has 6 nitrogen and oxygen atoms in total. The Hall–Kier alpha value is -3.12. The summed E-state index contributed by atoms with van der Waals surface area (Å²) in [5.74, 6) is -0.449. The fraction of sp³-hybridized carbons (Fsp3) is 0.333. The Morgan fingerprint density at radius 1 is 1.10 bits per heavy atom. The van der Waals surface area contributed by atoms with Gasteiger partial charge >= 0.3 is 5.97 Å². The molecule has 0 saturated heterocycles. The number of nitrogens with zero attached hydrogens (tertiary/aromatic N) is 1. The number of hydrogen-bond acceptors (Lipinski definition) is 4. The largest absolute Gasteiger partial charge is 0.497 e. The van der Waals surface area contributed by atoms with Crippen LogP contribution in [0.5, 0.6) is 5.75 Å². The molecular formula is C24H27NO5. The minimum absolute atomic E-state index is 0.265. The van der Waals surface area contributed by atoms with Crippen LogP contribution in [0.15, 0.2) is 47.3 Å². The fourth-order valence-electron chi connectivity index (χ4n) is 3.69. The Bertz CT molecular complexity index is 1170. The number of ether oxygens (including phenoxy) is 2. The van der Waals surface area contributed by atoms with Crippen LogP contribution in [0.3, 0.4) is 0 Å². The van der Waals surface area contributed by atoms with E-state index in [1.54, 1.807) is 47.1 Å². The lowest BCUT2D eigenvalue weighted by Crippen LogP contribution is -2.33. The van der Waals surface area contributed by atoms with Crippen molar-refractivity contribution >= 4 is 16.7 Å². The number of methoxy groups -OCH3 is 1. The van der Waals surface area contributed by atoms with Crippen molar-refractivity contribution in [3.63, 3.8) is 0 Å². The molecule has 2 aromatic carbocycles. The number of carbonyl (C=O) groups is 1. The Morgan fingerprint density at radius 2 is 1.73 bits per heavy atom. The molecule has 0 amide bonds. The van der Waals surface area contributed by atoms with Gasteiger partial charge in [-0.05, 0) is 62.4 Å². The smallest absolute Gasteiger partial charge is 0.339 e. The average Bonchev–Trinajstić information content (AvgIpc) is 2.68. The zero-order valence-electron chi connectivity index (χ0n) is 18.1. The van der Waals surface area contributed by atoms with E-state index < -0.39 is 17.7 Å². The molecule has 6 heteroatoms. The first-order valence-corrected chi connectivity index (χ1v) is 9.72. The maximum Gasteiger partial charge on any atom is 0.339 e. The predicted molar refractivity (Wildman–Crippen MR) is 117 cm³/mol. The zero-order valence-corrected chi connectivity index (χ0v) is 18.1. The van der Waals surface area contributed by atoms with Crippen molar-refractivity contribution in [3.8, 4) is 16.9 Å². The minimum Gasteiger partial charge on any atom is -0.497 e. The third-order valence-electron chi connectivity index (χ3n) is 5.00. The van der Waals surface area contributed by atoms with Crippen LogP contribution >= 0.6 is 0 Å². The van der Waals surface area contributed by atoms with Gasteiger partial charge in [-0.1, -0.05) is 24.3 Å². The Labute approximate surface area is 175 Å². The molecule has 0 fully saturated rings.